The van der Waals surface area contributed by atoms with E-state index in [0.29, 0.717) is 6.54 Å². The van der Waals surface area contributed by atoms with Crippen molar-refractivity contribution in [2.75, 3.05) is 40.0 Å². The van der Waals surface area contributed by atoms with Crippen molar-refractivity contribution < 1.29 is 14.2 Å². The number of aliphatic imine (C=N–C) groups is 1. The summed E-state index contributed by atoms with van der Waals surface area (Å²) in [4.78, 5) is 4.61. The van der Waals surface area contributed by atoms with E-state index >= 15 is 0 Å². The summed E-state index contributed by atoms with van der Waals surface area (Å²) in [6.45, 7) is 8.05. The molecule has 1 aromatic rings. The van der Waals surface area contributed by atoms with E-state index in [1.54, 1.807) is 7.11 Å². The van der Waals surface area contributed by atoms with Gasteiger partial charge in [0.05, 0.1) is 13.7 Å². The van der Waals surface area contributed by atoms with E-state index in [2.05, 4.69) is 22.5 Å². The molecule has 1 aliphatic carbocycles. The highest BCUT2D eigenvalue weighted by molar-refractivity contribution is 14.0. The first-order valence-electron chi connectivity index (χ1n) is 9.62. The van der Waals surface area contributed by atoms with Crippen molar-refractivity contribution in [3.8, 4) is 11.5 Å². The van der Waals surface area contributed by atoms with Crippen molar-refractivity contribution in [1.29, 1.82) is 0 Å². The fourth-order valence-electron chi connectivity index (χ4n) is 2.42. The SMILES string of the molecule is CCNC(=NCC(C)Oc1cccc(OC)c1)NCCCOCC1CC1.I. The standard InChI is InChI=1S/C20H33N3O3.HI/c1-4-21-20(22-11-6-12-25-15-17-9-10-17)23-14-16(2)26-19-8-5-7-18(13-19)24-3;/h5,7-8,13,16-17H,4,6,9-12,14-15H2,1-3H3,(H2,21,22,23);1H. The molecule has 1 unspecified atom stereocenters. The number of rotatable bonds is 12. The van der Waals surface area contributed by atoms with Crippen LogP contribution in [0.25, 0.3) is 0 Å². The maximum Gasteiger partial charge on any atom is 0.191 e. The third-order valence-corrected chi connectivity index (χ3v) is 4.04. The first-order valence-corrected chi connectivity index (χ1v) is 9.62. The second-order valence-corrected chi connectivity index (χ2v) is 6.63. The summed E-state index contributed by atoms with van der Waals surface area (Å²) < 4.78 is 16.8. The minimum Gasteiger partial charge on any atom is -0.497 e. The van der Waals surface area contributed by atoms with Gasteiger partial charge in [-0.1, -0.05) is 6.07 Å². The minimum absolute atomic E-state index is 0. The molecule has 0 radical (unpaired) electrons. The molecule has 0 bridgehead atoms. The predicted molar refractivity (Wildman–Crippen MR) is 121 cm³/mol. The summed E-state index contributed by atoms with van der Waals surface area (Å²) in [7, 11) is 1.65. The zero-order valence-corrected chi connectivity index (χ0v) is 19.0. The van der Waals surface area contributed by atoms with Crippen molar-refractivity contribution in [2.45, 2.75) is 39.2 Å². The zero-order chi connectivity index (χ0) is 18.6. The Kier molecular flexibility index (Phi) is 12.2. The number of nitrogens with one attached hydrogen (secondary N) is 2. The van der Waals surface area contributed by atoms with Crippen LogP contribution in [-0.2, 0) is 4.74 Å². The lowest BCUT2D eigenvalue weighted by Gasteiger charge is -2.15. The Hall–Kier alpha value is -1.22. The third-order valence-electron chi connectivity index (χ3n) is 4.04. The molecule has 1 aromatic carbocycles. The molecule has 2 rings (SSSR count). The average molecular weight is 491 g/mol. The molecule has 1 saturated carbocycles. The van der Waals surface area contributed by atoms with Crippen molar-refractivity contribution in [1.82, 2.24) is 10.6 Å². The van der Waals surface area contributed by atoms with Crippen LogP contribution in [0.15, 0.2) is 29.3 Å². The Balaban J connectivity index is 0.00000364. The Bertz CT molecular complexity index is 553. The van der Waals surface area contributed by atoms with Gasteiger partial charge in [0.25, 0.3) is 0 Å². The summed E-state index contributed by atoms with van der Waals surface area (Å²) in [5, 5.41) is 6.61. The molecule has 0 aromatic heterocycles. The smallest absolute Gasteiger partial charge is 0.191 e. The lowest BCUT2D eigenvalue weighted by atomic mass is 10.3. The van der Waals surface area contributed by atoms with Crippen LogP contribution in [0.5, 0.6) is 11.5 Å². The van der Waals surface area contributed by atoms with Crippen LogP contribution in [0.2, 0.25) is 0 Å². The number of hydrogen-bond acceptors (Lipinski definition) is 4. The summed E-state index contributed by atoms with van der Waals surface area (Å²) in [6.07, 6.45) is 3.63. The molecule has 0 heterocycles. The topological polar surface area (TPSA) is 64.1 Å². The predicted octanol–water partition coefficient (Wildman–Crippen LogP) is 3.45. The Morgan fingerprint density at radius 1 is 1.26 bits per heavy atom. The van der Waals surface area contributed by atoms with Gasteiger partial charge in [-0.2, -0.15) is 0 Å². The van der Waals surface area contributed by atoms with Gasteiger partial charge >= 0.3 is 0 Å². The van der Waals surface area contributed by atoms with Gasteiger partial charge in [0.15, 0.2) is 5.96 Å². The summed E-state index contributed by atoms with van der Waals surface area (Å²) in [5.41, 5.74) is 0. The Morgan fingerprint density at radius 3 is 2.74 bits per heavy atom. The Morgan fingerprint density at radius 2 is 2.04 bits per heavy atom. The fourth-order valence-corrected chi connectivity index (χ4v) is 2.42. The highest BCUT2D eigenvalue weighted by Gasteiger charge is 2.20. The maximum absolute atomic E-state index is 5.91. The summed E-state index contributed by atoms with van der Waals surface area (Å²) in [6, 6.07) is 7.62. The van der Waals surface area contributed by atoms with Crippen molar-refractivity contribution >= 4 is 29.9 Å². The van der Waals surface area contributed by atoms with Crippen molar-refractivity contribution in [2.24, 2.45) is 10.9 Å². The summed E-state index contributed by atoms with van der Waals surface area (Å²) >= 11 is 0. The molecule has 7 heteroatoms. The lowest BCUT2D eigenvalue weighted by molar-refractivity contribution is 0.123. The number of hydrogen-bond donors (Lipinski definition) is 2. The Labute approximate surface area is 180 Å². The summed E-state index contributed by atoms with van der Waals surface area (Å²) in [5.74, 6) is 3.22. The second-order valence-electron chi connectivity index (χ2n) is 6.63. The van der Waals surface area contributed by atoms with Crippen LogP contribution in [0.4, 0.5) is 0 Å². The van der Waals surface area contributed by atoms with Gasteiger partial charge in [0.2, 0.25) is 0 Å². The van der Waals surface area contributed by atoms with Crippen LogP contribution in [-0.4, -0.2) is 52.0 Å². The molecule has 1 fully saturated rings. The normalized spacial score (nSPS) is 14.9. The molecule has 154 valence electrons. The van der Waals surface area contributed by atoms with E-state index in [1.165, 1.54) is 12.8 Å². The van der Waals surface area contributed by atoms with Crippen LogP contribution >= 0.6 is 24.0 Å². The molecule has 6 nitrogen and oxygen atoms in total. The van der Waals surface area contributed by atoms with E-state index < -0.39 is 0 Å². The first kappa shape index (κ1) is 23.8. The molecule has 0 saturated heterocycles. The largest absolute Gasteiger partial charge is 0.497 e. The fraction of sp³-hybridized carbons (Fsp3) is 0.650. The van der Waals surface area contributed by atoms with Crippen molar-refractivity contribution in [3.05, 3.63) is 24.3 Å². The van der Waals surface area contributed by atoms with Gasteiger partial charge in [-0.25, -0.2) is 4.99 Å². The van der Waals surface area contributed by atoms with Crippen LogP contribution in [0, 0.1) is 5.92 Å². The highest BCUT2D eigenvalue weighted by Crippen LogP contribution is 2.28. The van der Waals surface area contributed by atoms with Gasteiger partial charge in [0.1, 0.15) is 17.6 Å². The number of guanidine groups is 1. The van der Waals surface area contributed by atoms with Gasteiger partial charge in [0, 0.05) is 32.4 Å². The molecule has 0 amide bonds. The van der Waals surface area contributed by atoms with E-state index in [4.69, 9.17) is 14.2 Å². The van der Waals surface area contributed by atoms with E-state index in [0.717, 1.165) is 56.1 Å². The molecule has 2 N–H and O–H groups in total. The molecule has 27 heavy (non-hydrogen) atoms. The van der Waals surface area contributed by atoms with Crippen LogP contribution in [0.1, 0.15) is 33.1 Å². The van der Waals surface area contributed by atoms with Crippen LogP contribution in [0.3, 0.4) is 0 Å². The second kappa shape index (κ2) is 13.9. The van der Waals surface area contributed by atoms with Gasteiger partial charge in [-0.3, -0.25) is 0 Å². The molecular formula is C20H34IN3O3. The third kappa shape index (κ3) is 10.6. The highest BCUT2D eigenvalue weighted by atomic mass is 127. The lowest BCUT2D eigenvalue weighted by Crippen LogP contribution is -2.38. The monoisotopic (exact) mass is 491 g/mol. The number of ether oxygens (including phenoxy) is 3. The molecular weight excluding hydrogens is 457 g/mol. The molecule has 1 atom stereocenters. The number of benzene rings is 1. The number of halogens is 1. The maximum atomic E-state index is 5.91. The van der Waals surface area contributed by atoms with Crippen LogP contribution < -0.4 is 20.1 Å². The zero-order valence-electron chi connectivity index (χ0n) is 16.7. The van der Waals surface area contributed by atoms with Gasteiger partial charge in [-0.15, -0.1) is 24.0 Å². The number of methoxy groups -OCH3 is 1. The van der Waals surface area contributed by atoms with E-state index in [9.17, 15) is 0 Å². The van der Waals surface area contributed by atoms with E-state index in [1.807, 2.05) is 31.2 Å². The quantitative estimate of drug-likeness (QED) is 0.203. The first-order chi connectivity index (χ1) is 12.7. The van der Waals surface area contributed by atoms with E-state index in [-0.39, 0.29) is 30.1 Å². The molecule has 1 aliphatic rings. The molecule has 0 aliphatic heterocycles. The van der Waals surface area contributed by atoms with Gasteiger partial charge in [-0.05, 0) is 51.2 Å². The van der Waals surface area contributed by atoms with Crippen molar-refractivity contribution in [3.63, 3.8) is 0 Å². The average Bonchev–Trinajstić information content (AvgIpc) is 3.47. The van der Waals surface area contributed by atoms with Gasteiger partial charge < -0.3 is 24.8 Å². The minimum atomic E-state index is -0.0283. The number of nitrogens with zero attached hydrogens (tertiary/aromatic N) is 1. The molecule has 0 spiro atoms.